The summed E-state index contributed by atoms with van der Waals surface area (Å²) in [6.07, 6.45) is 0.750. The van der Waals surface area contributed by atoms with Crippen molar-refractivity contribution in [3.05, 3.63) is 38.9 Å². The molecule has 0 amide bonds. The van der Waals surface area contributed by atoms with Gasteiger partial charge >= 0.3 is 5.69 Å². The number of alkyl halides is 1. The average Bonchev–Trinajstić information content (AvgIpc) is 2.89. The van der Waals surface area contributed by atoms with Gasteiger partial charge in [-0.15, -0.1) is 10.2 Å². The van der Waals surface area contributed by atoms with E-state index < -0.39 is 22.2 Å². The zero-order valence-electron chi connectivity index (χ0n) is 10.1. The third-order valence-corrected chi connectivity index (χ3v) is 4.97. The summed E-state index contributed by atoms with van der Waals surface area (Å²) in [5.41, 5.74) is -1.17. The van der Waals surface area contributed by atoms with Gasteiger partial charge in [-0.3, -0.25) is 10.1 Å². The Morgan fingerprint density at radius 1 is 1.45 bits per heavy atom. The topological polar surface area (TPSA) is 68.9 Å². The molecule has 0 bridgehead atoms. The highest BCUT2D eigenvalue weighted by molar-refractivity contribution is 9.09. The molecule has 2 aromatic rings. The predicted molar refractivity (Wildman–Crippen MR) is 73.9 cm³/mol. The van der Waals surface area contributed by atoms with Gasteiger partial charge in [0.25, 0.3) is 0 Å². The third kappa shape index (κ3) is 2.83. The van der Waals surface area contributed by atoms with E-state index in [4.69, 9.17) is 0 Å². The van der Waals surface area contributed by atoms with Crippen LogP contribution in [0.25, 0.3) is 10.6 Å². The Morgan fingerprint density at radius 2 is 2.15 bits per heavy atom. The molecule has 0 N–H and O–H groups in total. The van der Waals surface area contributed by atoms with E-state index >= 15 is 0 Å². The molecule has 0 radical (unpaired) electrons. The summed E-state index contributed by atoms with van der Waals surface area (Å²) in [4.78, 5) is 9.67. The molecule has 0 aliphatic carbocycles. The Bertz CT molecular complexity index is 665. The molecule has 0 aliphatic heterocycles. The summed E-state index contributed by atoms with van der Waals surface area (Å²) in [7, 11) is 0. The van der Waals surface area contributed by atoms with Gasteiger partial charge in [-0.05, 0) is 12.5 Å². The molecule has 1 aromatic carbocycles. The Hall–Kier alpha value is -1.48. The number of benzene rings is 1. The third-order valence-electron chi connectivity index (χ3n) is 2.51. The SMILES string of the molecule is CCC(Br)c1nnc(-c2cc(F)cc([N+](=O)[O-])c2F)s1. The van der Waals surface area contributed by atoms with Gasteiger partial charge in [0.2, 0.25) is 5.82 Å². The second-order valence-electron chi connectivity index (χ2n) is 3.86. The minimum Gasteiger partial charge on any atom is -0.258 e. The number of nitro groups is 1. The molecule has 0 spiro atoms. The van der Waals surface area contributed by atoms with Crippen LogP contribution in [-0.4, -0.2) is 15.1 Å². The smallest absolute Gasteiger partial charge is 0.258 e. The van der Waals surface area contributed by atoms with Crippen LogP contribution < -0.4 is 0 Å². The Morgan fingerprint density at radius 3 is 2.75 bits per heavy atom. The maximum atomic E-state index is 14.0. The van der Waals surface area contributed by atoms with Crippen LogP contribution in [-0.2, 0) is 0 Å². The highest BCUT2D eigenvalue weighted by Gasteiger charge is 2.24. The van der Waals surface area contributed by atoms with Crippen molar-refractivity contribution in [3.8, 4) is 10.6 Å². The van der Waals surface area contributed by atoms with Crippen molar-refractivity contribution in [2.24, 2.45) is 0 Å². The van der Waals surface area contributed by atoms with Crippen LogP contribution in [0.4, 0.5) is 14.5 Å². The molecule has 0 saturated carbocycles. The van der Waals surface area contributed by atoms with Crippen LogP contribution in [0.15, 0.2) is 12.1 Å². The van der Waals surface area contributed by atoms with E-state index in [0.29, 0.717) is 11.1 Å². The first-order valence-electron chi connectivity index (χ1n) is 5.55. The van der Waals surface area contributed by atoms with Gasteiger partial charge < -0.3 is 0 Å². The zero-order chi connectivity index (χ0) is 14.9. The fourth-order valence-electron chi connectivity index (χ4n) is 1.51. The zero-order valence-corrected chi connectivity index (χ0v) is 12.5. The second-order valence-corrected chi connectivity index (χ2v) is 5.98. The lowest BCUT2D eigenvalue weighted by atomic mass is 10.2. The van der Waals surface area contributed by atoms with Gasteiger partial charge in [0.15, 0.2) is 5.01 Å². The number of hydrogen-bond donors (Lipinski definition) is 0. The Labute approximate surface area is 124 Å². The van der Waals surface area contributed by atoms with Crippen LogP contribution in [0.2, 0.25) is 0 Å². The molecule has 9 heteroatoms. The van der Waals surface area contributed by atoms with Crippen molar-refractivity contribution in [1.29, 1.82) is 0 Å². The maximum Gasteiger partial charge on any atom is 0.308 e. The van der Waals surface area contributed by atoms with E-state index in [1.54, 1.807) is 0 Å². The average molecular weight is 364 g/mol. The molecule has 2 rings (SSSR count). The van der Waals surface area contributed by atoms with E-state index in [2.05, 4.69) is 26.1 Å². The first-order valence-corrected chi connectivity index (χ1v) is 7.28. The lowest BCUT2D eigenvalue weighted by Crippen LogP contribution is -1.96. The number of rotatable bonds is 4. The molecule has 1 unspecified atom stereocenters. The number of hydrogen-bond acceptors (Lipinski definition) is 5. The number of nitro benzene ring substituents is 1. The lowest BCUT2D eigenvalue weighted by Gasteiger charge is -2.01. The molecule has 1 aromatic heterocycles. The highest BCUT2D eigenvalue weighted by atomic mass is 79.9. The minimum atomic E-state index is -1.11. The van der Waals surface area contributed by atoms with Gasteiger partial charge in [-0.25, -0.2) is 4.39 Å². The van der Waals surface area contributed by atoms with E-state index in [-0.39, 0.29) is 15.4 Å². The molecule has 20 heavy (non-hydrogen) atoms. The monoisotopic (exact) mass is 363 g/mol. The first kappa shape index (κ1) is 14.9. The summed E-state index contributed by atoms with van der Waals surface area (Å²) >= 11 is 4.44. The summed E-state index contributed by atoms with van der Waals surface area (Å²) in [6, 6.07) is 1.42. The fourth-order valence-corrected chi connectivity index (χ4v) is 2.79. The van der Waals surface area contributed by atoms with Crippen LogP contribution >= 0.6 is 27.3 Å². The molecule has 1 heterocycles. The van der Waals surface area contributed by atoms with Crippen molar-refractivity contribution in [2.45, 2.75) is 18.2 Å². The molecule has 5 nitrogen and oxygen atoms in total. The number of halogens is 3. The molecule has 1 atom stereocenters. The standard InChI is InChI=1S/C11H8BrF2N3O2S/c1-2-7(12)11-16-15-10(20-11)6-3-5(13)4-8(9(6)14)17(18)19/h3-4,7H,2H2,1H3. The van der Waals surface area contributed by atoms with Crippen LogP contribution in [0.3, 0.4) is 0 Å². The van der Waals surface area contributed by atoms with E-state index in [1.807, 2.05) is 6.92 Å². The molecular weight excluding hydrogens is 356 g/mol. The summed E-state index contributed by atoms with van der Waals surface area (Å²) < 4.78 is 27.4. The first-order chi connectivity index (χ1) is 9.43. The molecule has 106 valence electrons. The van der Waals surface area contributed by atoms with E-state index in [0.717, 1.165) is 23.8 Å². The van der Waals surface area contributed by atoms with Gasteiger partial charge in [0.05, 0.1) is 21.4 Å². The highest BCUT2D eigenvalue weighted by Crippen LogP contribution is 2.36. The molecule has 0 aliphatic rings. The number of aromatic nitrogens is 2. The van der Waals surface area contributed by atoms with Crippen LogP contribution in [0.1, 0.15) is 23.2 Å². The number of nitrogens with zero attached hydrogens (tertiary/aromatic N) is 3. The minimum absolute atomic E-state index is 0.0413. The van der Waals surface area contributed by atoms with Crippen LogP contribution in [0, 0.1) is 21.7 Å². The molecule has 0 fully saturated rings. The van der Waals surface area contributed by atoms with Crippen LogP contribution in [0.5, 0.6) is 0 Å². The molecular formula is C11H8BrF2N3O2S. The van der Waals surface area contributed by atoms with Gasteiger partial charge in [0.1, 0.15) is 10.8 Å². The van der Waals surface area contributed by atoms with Gasteiger partial charge in [0, 0.05) is 0 Å². The quantitative estimate of drug-likeness (QED) is 0.462. The van der Waals surface area contributed by atoms with E-state index in [9.17, 15) is 18.9 Å². The largest absolute Gasteiger partial charge is 0.308 e. The van der Waals surface area contributed by atoms with Gasteiger partial charge in [-0.1, -0.05) is 34.2 Å². The van der Waals surface area contributed by atoms with Crippen molar-refractivity contribution in [2.75, 3.05) is 0 Å². The van der Waals surface area contributed by atoms with Crippen molar-refractivity contribution in [3.63, 3.8) is 0 Å². The second kappa shape index (κ2) is 5.88. The van der Waals surface area contributed by atoms with Crippen molar-refractivity contribution in [1.82, 2.24) is 10.2 Å². The van der Waals surface area contributed by atoms with E-state index in [1.165, 1.54) is 0 Å². The van der Waals surface area contributed by atoms with Crippen molar-refractivity contribution < 1.29 is 13.7 Å². The van der Waals surface area contributed by atoms with Gasteiger partial charge in [-0.2, -0.15) is 4.39 Å². The normalized spacial score (nSPS) is 12.4. The lowest BCUT2D eigenvalue weighted by molar-refractivity contribution is -0.387. The summed E-state index contributed by atoms with van der Waals surface area (Å²) in [6.45, 7) is 1.92. The predicted octanol–water partition coefficient (Wildman–Crippen LogP) is 4.24. The fraction of sp³-hybridized carbons (Fsp3) is 0.273. The maximum absolute atomic E-state index is 14.0. The summed E-state index contributed by atoms with van der Waals surface area (Å²) in [5, 5.41) is 19.0. The Balaban J connectivity index is 2.52. The Kier molecular flexibility index (Phi) is 4.39. The molecule has 0 saturated heterocycles. The van der Waals surface area contributed by atoms with Crippen molar-refractivity contribution >= 4 is 33.0 Å². The summed E-state index contributed by atoms with van der Waals surface area (Å²) in [5.74, 6) is -2.00.